The zero-order chi connectivity index (χ0) is 16.2. The van der Waals surface area contributed by atoms with Crippen LogP contribution < -0.4 is 10.6 Å². The molecule has 0 amide bonds. The maximum atomic E-state index is 2.31. The van der Waals surface area contributed by atoms with Gasteiger partial charge in [-0.2, -0.15) is 0 Å². The second-order valence-electron chi connectivity index (χ2n) is 6.01. The summed E-state index contributed by atoms with van der Waals surface area (Å²) in [5.74, 6) is 0. The van der Waals surface area contributed by atoms with E-state index in [-0.39, 0.29) is 0 Å². The van der Waals surface area contributed by atoms with Crippen LogP contribution in [-0.4, -0.2) is 25.0 Å². The third-order valence-electron chi connectivity index (χ3n) is 4.32. The Kier molecular flexibility index (Phi) is 5.10. The Labute approximate surface area is 141 Å². The van der Waals surface area contributed by atoms with Crippen LogP contribution in [-0.2, 0) is 0 Å². The molecule has 3 rings (SSSR count). The molecule has 117 valence electrons. The molecule has 2 heteroatoms. The van der Waals surface area contributed by atoms with Gasteiger partial charge in [-0.1, -0.05) is 72.8 Å². The molecule has 1 aliphatic carbocycles. The van der Waals surface area contributed by atoms with Crippen LogP contribution in [0.2, 0.25) is 0 Å². The quantitative estimate of drug-likeness (QED) is 0.750. The van der Waals surface area contributed by atoms with E-state index in [0.717, 1.165) is 0 Å². The van der Waals surface area contributed by atoms with Crippen molar-refractivity contribution in [1.82, 2.24) is 4.90 Å². The van der Waals surface area contributed by atoms with Gasteiger partial charge >= 0.3 is 0 Å². The summed E-state index contributed by atoms with van der Waals surface area (Å²) in [6.45, 7) is 2.28. The zero-order valence-corrected chi connectivity index (χ0v) is 14.9. The van der Waals surface area contributed by atoms with E-state index in [2.05, 4.69) is 105 Å². The summed E-state index contributed by atoms with van der Waals surface area (Å²) in [5, 5.41) is 4.29. The third kappa shape index (κ3) is 3.47. The molecule has 0 fully saturated rings. The molecule has 0 bridgehead atoms. The first-order valence-electron chi connectivity index (χ1n) is 8.00. The zero-order valence-electron chi connectivity index (χ0n) is 14.0. The first-order chi connectivity index (χ1) is 11.2. The largest absolute Gasteiger partial charge is 0.303 e. The minimum absolute atomic E-state index is 0.414. The van der Waals surface area contributed by atoms with E-state index in [1.807, 2.05) is 0 Å². The molecule has 0 aromatic heterocycles. The maximum absolute atomic E-state index is 2.31. The van der Waals surface area contributed by atoms with E-state index < -0.39 is 7.92 Å². The number of hydrogen-bond donors (Lipinski definition) is 0. The van der Waals surface area contributed by atoms with Crippen LogP contribution in [0.3, 0.4) is 0 Å². The van der Waals surface area contributed by atoms with Crippen molar-refractivity contribution in [2.45, 2.75) is 13.0 Å². The topological polar surface area (TPSA) is 3.24 Å². The molecule has 1 nitrogen and oxygen atoms in total. The molecule has 0 unspecified atom stereocenters. The molecule has 0 spiro atoms. The number of nitrogens with zero attached hydrogens (tertiary/aromatic N) is 1. The van der Waals surface area contributed by atoms with Crippen molar-refractivity contribution >= 4 is 18.5 Å². The van der Waals surface area contributed by atoms with Gasteiger partial charge in [-0.15, -0.1) is 0 Å². The van der Waals surface area contributed by atoms with Crippen LogP contribution in [0.4, 0.5) is 0 Å². The fraction of sp³-hybridized carbons (Fsp3) is 0.190. The fourth-order valence-electron chi connectivity index (χ4n) is 2.84. The summed E-state index contributed by atoms with van der Waals surface area (Å²) >= 11 is 0. The summed E-state index contributed by atoms with van der Waals surface area (Å²) in [5.41, 5.74) is 1.44. The number of allylic oxidation sites excluding steroid dienone is 2. The van der Waals surface area contributed by atoms with Gasteiger partial charge in [0.1, 0.15) is 0 Å². The monoisotopic (exact) mass is 320 g/mol. The second-order valence-corrected chi connectivity index (χ2v) is 8.20. The van der Waals surface area contributed by atoms with Gasteiger partial charge < -0.3 is 4.90 Å². The standard InChI is InChI=1S/C21H23NP/c1-17(22(2)3)20-15-10-16-21(20)23(18-11-6-4-7-12-18)19-13-8-5-9-14-19/h4-17H,1-3H3/t17-/m1/s1. The van der Waals surface area contributed by atoms with Gasteiger partial charge in [-0.3, -0.25) is 0 Å². The SMILES string of the molecule is C[C@H](C1=C[CH]C=C1P(c1ccccc1)c1ccccc1)N(C)C. The lowest BCUT2D eigenvalue weighted by molar-refractivity contribution is 0.354. The molecule has 23 heavy (non-hydrogen) atoms. The molecule has 1 aliphatic rings. The molecule has 0 aliphatic heterocycles. The van der Waals surface area contributed by atoms with Crippen molar-refractivity contribution in [3.05, 3.63) is 90.1 Å². The van der Waals surface area contributed by atoms with E-state index in [0.29, 0.717) is 6.04 Å². The van der Waals surface area contributed by atoms with Gasteiger partial charge in [0, 0.05) is 12.5 Å². The van der Waals surface area contributed by atoms with Crippen molar-refractivity contribution in [1.29, 1.82) is 0 Å². The highest BCUT2D eigenvalue weighted by Gasteiger charge is 2.27. The van der Waals surface area contributed by atoms with Gasteiger partial charge in [0.05, 0.1) is 0 Å². The van der Waals surface area contributed by atoms with E-state index >= 15 is 0 Å². The molecule has 1 atom stereocenters. The van der Waals surface area contributed by atoms with Crippen LogP contribution in [0.15, 0.2) is 83.7 Å². The normalized spacial score (nSPS) is 15.7. The van der Waals surface area contributed by atoms with E-state index in [1.165, 1.54) is 21.5 Å². The summed E-state index contributed by atoms with van der Waals surface area (Å²) in [4.78, 5) is 2.28. The molecule has 0 heterocycles. The highest BCUT2D eigenvalue weighted by molar-refractivity contribution is 7.77. The highest BCUT2D eigenvalue weighted by atomic mass is 31.1. The van der Waals surface area contributed by atoms with Crippen LogP contribution in [0.25, 0.3) is 0 Å². The van der Waals surface area contributed by atoms with Gasteiger partial charge in [0.2, 0.25) is 0 Å². The molecule has 1 radical (unpaired) electrons. The molecule has 0 N–H and O–H groups in total. The maximum Gasteiger partial charge on any atom is 0.0317 e. The van der Waals surface area contributed by atoms with Crippen LogP contribution in [0.5, 0.6) is 0 Å². The van der Waals surface area contributed by atoms with Crippen molar-refractivity contribution in [2.24, 2.45) is 0 Å². The van der Waals surface area contributed by atoms with Crippen molar-refractivity contribution < 1.29 is 0 Å². The number of likely N-dealkylation sites (N-methyl/N-ethyl adjacent to an activating group) is 1. The van der Waals surface area contributed by atoms with E-state index in [1.54, 1.807) is 0 Å². The minimum atomic E-state index is -0.514. The minimum Gasteiger partial charge on any atom is -0.303 e. The summed E-state index contributed by atoms with van der Waals surface area (Å²) < 4.78 is 0. The first-order valence-corrected chi connectivity index (χ1v) is 9.35. The van der Waals surface area contributed by atoms with Gasteiger partial charge in [0.25, 0.3) is 0 Å². The molecule has 2 aromatic rings. The molecular weight excluding hydrogens is 297 g/mol. The highest BCUT2D eigenvalue weighted by Crippen LogP contribution is 2.49. The van der Waals surface area contributed by atoms with Crippen molar-refractivity contribution in [2.75, 3.05) is 14.1 Å². The molecule has 0 saturated heterocycles. The Bertz CT molecular complexity index is 662. The number of benzene rings is 2. The lowest BCUT2D eigenvalue weighted by Gasteiger charge is -2.28. The fourth-order valence-corrected chi connectivity index (χ4v) is 5.39. The Balaban J connectivity index is 2.05. The van der Waals surface area contributed by atoms with Gasteiger partial charge in [-0.05, 0) is 50.4 Å². The van der Waals surface area contributed by atoms with Crippen molar-refractivity contribution in [3.8, 4) is 0 Å². The van der Waals surface area contributed by atoms with E-state index in [9.17, 15) is 0 Å². The van der Waals surface area contributed by atoms with Gasteiger partial charge in [-0.25, -0.2) is 0 Å². The predicted molar refractivity (Wildman–Crippen MR) is 103 cm³/mol. The third-order valence-corrected chi connectivity index (χ3v) is 6.84. The second kappa shape index (κ2) is 7.25. The average molecular weight is 320 g/mol. The Morgan fingerprint density at radius 3 is 1.78 bits per heavy atom. The van der Waals surface area contributed by atoms with Crippen LogP contribution >= 0.6 is 7.92 Å². The Morgan fingerprint density at radius 1 is 0.783 bits per heavy atom. The summed E-state index contributed by atoms with van der Waals surface area (Å²) in [6.07, 6.45) is 6.79. The van der Waals surface area contributed by atoms with Gasteiger partial charge in [0.15, 0.2) is 0 Å². The molecular formula is C21H23NP. The van der Waals surface area contributed by atoms with Crippen LogP contribution in [0, 0.1) is 6.42 Å². The lowest BCUT2D eigenvalue weighted by Crippen LogP contribution is -2.28. The number of hydrogen-bond acceptors (Lipinski definition) is 1. The summed E-state index contributed by atoms with van der Waals surface area (Å²) in [7, 11) is 3.78. The molecule has 0 saturated carbocycles. The van der Waals surface area contributed by atoms with Crippen LogP contribution in [0.1, 0.15) is 6.92 Å². The summed E-state index contributed by atoms with van der Waals surface area (Å²) in [6, 6.07) is 22.2. The molecule has 2 aromatic carbocycles. The average Bonchev–Trinajstić information content (AvgIpc) is 3.05. The Morgan fingerprint density at radius 2 is 1.30 bits per heavy atom. The predicted octanol–water partition coefficient (Wildman–Crippen LogP) is 4.10. The van der Waals surface area contributed by atoms with Crippen molar-refractivity contribution in [3.63, 3.8) is 0 Å². The Hall–Kier alpha value is -1.69. The lowest BCUT2D eigenvalue weighted by atomic mass is 10.1. The number of rotatable bonds is 5. The van der Waals surface area contributed by atoms with E-state index in [4.69, 9.17) is 0 Å². The first kappa shape index (κ1) is 16.2. The smallest absolute Gasteiger partial charge is 0.0317 e.